The van der Waals surface area contributed by atoms with Crippen molar-refractivity contribution in [1.82, 2.24) is 15.8 Å². The molecule has 5 heterocycles. The van der Waals surface area contributed by atoms with E-state index in [1.165, 1.54) is 4.90 Å². The number of nitrogens with one attached hydrogen (secondary N) is 2. The highest BCUT2D eigenvalue weighted by Crippen LogP contribution is 2.50. The number of carbonyl (C=O) groups excluding carboxylic acids is 4. The molecule has 4 atom stereocenters. The molecule has 12 nitrogen and oxygen atoms in total. The average molecular weight is 501 g/mol. The first-order valence-electron chi connectivity index (χ1n) is 11.8. The number of urea groups is 1. The zero-order valence-corrected chi connectivity index (χ0v) is 19.8. The number of benzene rings is 1. The Morgan fingerprint density at radius 2 is 1.92 bits per heavy atom. The minimum atomic E-state index is -1.75. The summed E-state index contributed by atoms with van der Waals surface area (Å²) in [6.07, 6.45) is -1.21. The molecule has 4 aliphatic rings. The normalized spacial score (nSPS) is 29.2. The summed E-state index contributed by atoms with van der Waals surface area (Å²) in [5.74, 6) is -2.16. The molecular formula is C23H24FN5O7. The Labute approximate surface area is 204 Å². The Morgan fingerprint density at radius 3 is 2.61 bits per heavy atom. The number of anilines is 2. The summed E-state index contributed by atoms with van der Waals surface area (Å²) in [5, 5.41) is 8.62. The molecule has 0 radical (unpaired) electrons. The molecule has 6 rings (SSSR count). The van der Waals surface area contributed by atoms with Gasteiger partial charge in [0.1, 0.15) is 6.61 Å². The highest BCUT2D eigenvalue weighted by atomic mass is 19.1. The number of imide groups is 2. The fourth-order valence-electron chi connectivity index (χ4n) is 6.13. The summed E-state index contributed by atoms with van der Waals surface area (Å²) in [6, 6.07) is -0.506. The lowest BCUT2D eigenvalue weighted by Gasteiger charge is -2.55. The van der Waals surface area contributed by atoms with E-state index < -0.39 is 47.3 Å². The SMILES string of the molecule is CC[C@@H]1COC(=O)N1c1noc2c(F)c3c(cc12)CC1(C(=O)NC(=O)NC1=O)[C@@H]1[C@@H](C)O[C@@H](C)CN31. The molecule has 190 valence electrons. The molecule has 3 saturated heterocycles. The summed E-state index contributed by atoms with van der Waals surface area (Å²) < 4.78 is 32.7. The molecule has 1 aromatic carbocycles. The van der Waals surface area contributed by atoms with Crippen molar-refractivity contribution in [3.63, 3.8) is 0 Å². The van der Waals surface area contributed by atoms with Crippen LogP contribution in [0.25, 0.3) is 11.0 Å². The second-order valence-corrected chi connectivity index (χ2v) is 9.72. The number of amides is 5. The molecule has 5 amide bonds. The maximum Gasteiger partial charge on any atom is 0.416 e. The van der Waals surface area contributed by atoms with E-state index >= 15 is 4.39 Å². The molecule has 0 unspecified atom stereocenters. The van der Waals surface area contributed by atoms with Gasteiger partial charge in [-0.05, 0) is 31.9 Å². The van der Waals surface area contributed by atoms with Crippen molar-refractivity contribution < 1.29 is 37.6 Å². The first kappa shape index (κ1) is 22.7. The second kappa shape index (κ2) is 7.63. The molecule has 2 N–H and O–H groups in total. The van der Waals surface area contributed by atoms with Gasteiger partial charge in [0.25, 0.3) is 0 Å². The number of morpholine rings is 1. The maximum atomic E-state index is 16.2. The highest BCUT2D eigenvalue weighted by molar-refractivity contribution is 6.20. The van der Waals surface area contributed by atoms with E-state index in [0.29, 0.717) is 12.0 Å². The zero-order valence-electron chi connectivity index (χ0n) is 19.8. The van der Waals surface area contributed by atoms with Crippen LogP contribution < -0.4 is 20.4 Å². The predicted octanol–water partition coefficient (Wildman–Crippen LogP) is 1.59. The van der Waals surface area contributed by atoms with Gasteiger partial charge in [-0.2, -0.15) is 0 Å². The van der Waals surface area contributed by atoms with Crippen molar-refractivity contribution in [3.05, 3.63) is 17.4 Å². The third-order valence-electron chi connectivity index (χ3n) is 7.61. The van der Waals surface area contributed by atoms with Gasteiger partial charge in [0, 0.05) is 13.0 Å². The number of aromatic nitrogens is 1. The minimum absolute atomic E-state index is 0.105. The van der Waals surface area contributed by atoms with Gasteiger partial charge in [-0.1, -0.05) is 12.1 Å². The summed E-state index contributed by atoms with van der Waals surface area (Å²) in [4.78, 5) is 53.9. The smallest absolute Gasteiger partial charge is 0.416 e. The van der Waals surface area contributed by atoms with E-state index in [0.717, 1.165) is 0 Å². The number of fused-ring (bicyclic) bond motifs is 5. The fourth-order valence-corrected chi connectivity index (χ4v) is 6.13. The Morgan fingerprint density at radius 1 is 1.19 bits per heavy atom. The first-order chi connectivity index (χ1) is 17.2. The monoisotopic (exact) mass is 501 g/mol. The van der Waals surface area contributed by atoms with Gasteiger partial charge < -0.3 is 18.9 Å². The average Bonchev–Trinajstić information content (AvgIpc) is 3.39. The number of hydrogen-bond acceptors (Lipinski definition) is 9. The van der Waals surface area contributed by atoms with Gasteiger partial charge in [0.05, 0.1) is 35.4 Å². The van der Waals surface area contributed by atoms with Crippen molar-refractivity contribution >= 4 is 46.4 Å². The van der Waals surface area contributed by atoms with Crippen LogP contribution in [0.15, 0.2) is 10.6 Å². The summed E-state index contributed by atoms with van der Waals surface area (Å²) in [6.45, 7) is 5.77. The van der Waals surface area contributed by atoms with Gasteiger partial charge >= 0.3 is 12.1 Å². The Hall–Kier alpha value is -3.74. The lowest BCUT2D eigenvalue weighted by molar-refractivity contribution is -0.153. The molecule has 36 heavy (non-hydrogen) atoms. The Balaban J connectivity index is 1.57. The summed E-state index contributed by atoms with van der Waals surface area (Å²) in [5.41, 5.74) is -1.37. The topological polar surface area (TPSA) is 143 Å². The largest absolute Gasteiger partial charge is 0.447 e. The highest BCUT2D eigenvalue weighted by Gasteiger charge is 2.63. The molecule has 0 aliphatic carbocycles. The van der Waals surface area contributed by atoms with Crippen LogP contribution in [0.5, 0.6) is 0 Å². The lowest BCUT2D eigenvalue weighted by Crippen LogP contribution is -2.75. The minimum Gasteiger partial charge on any atom is -0.447 e. The van der Waals surface area contributed by atoms with Crippen LogP contribution in [-0.4, -0.2) is 66.5 Å². The number of rotatable bonds is 2. The molecule has 1 spiro atoms. The molecule has 3 fully saturated rings. The number of nitrogens with zero attached hydrogens (tertiary/aromatic N) is 3. The van der Waals surface area contributed by atoms with Gasteiger partial charge in [-0.25, -0.2) is 14.0 Å². The van der Waals surface area contributed by atoms with Crippen molar-refractivity contribution in [3.8, 4) is 0 Å². The number of barbiturate groups is 1. The van der Waals surface area contributed by atoms with E-state index in [2.05, 4.69) is 15.8 Å². The Kier molecular flexibility index (Phi) is 4.81. The van der Waals surface area contributed by atoms with Gasteiger partial charge in [0.2, 0.25) is 17.4 Å². The number of hydrogen-bond donors (Lipinski definition) is 2. The molecule has 1 aromatic heterocycles. The van der Waals surface area contributed by atoms with Crippen LogP contribution in [0.2, 0.25) is 0 Å². The van der Waals surface area contributed by atoms with E-state index in [9.17, 15) is 19.2 Å². The van der Waals surface area contributed by atoms with E-state index in [4.69, 9.17) is 14.0 Å². The van der Waals surface area contributed by atoms with Crippen LogP contribution in [-0.2, 0) is 25.5 Å². The molecular weight excluding hydrogens is 477 g/mol. The molecule has 13 heteroatoms. The van der Waals surface area contributed by atoms with E-state index in [1.54, 1.807) is 17.9 Å². The second-order valence-electron chi connectivity index (χ2n) is 9.72. The lowest BCUT2D eigenvalue weighted by atomic mass is 9.66. The molecule has 4 aliphatic heterocycles. The molecule has 0 saturated carbocycles. The molecule has 0 bridgehead atoms. The maximum absolute atomic E-state index is 16.2. The van der Waals surface area contributed by atoms with Crippen molar-refractivity contribution in [1.29, 1.82) is 0 Å². The third kappa shape index (κ3) is 2.85. The van der Waals surface area contributed by atoms with Crippen LogP contribution in [0, 0.1) is 11.2 Å². The first-order valence-corrected chi connectivity index (χ1v) is 11.8. The predicted molar refractivity (Wildman–Crippen MR) is 121 cm³/mol. The standard InChI is InChI=1S/C23H24FN5O7/c1-4-12-8-34-22(33)29(12)18-13-5-11-6-23(19(30)25-21(32)26-20(23)31)17-10(3)35-9(2)7-28(17)15(11)14(24)16(13)36-27-18/h5,9-10,12,17H,4,6-8H2,1-3H3,(H2,25,26,30,31,32)/t9-,10+,12+,17-/m0/s1. The van der Waals surface area contributed by atoms with Crippen LogP contribution in [0.1, 0.15) is 32.8 Å². The number of ether oxygens (including phenoxy) is 2. The van der Waals surface area contributed by atoms with Crippen molar-refractivity contribution in [2.75, 3.05) is 23.0 Å². The summed E-state index contributed by atoms with van der Waals surface area (Å²) in [7, 11) is 0. The number of carbonyl (C=O) groups is 4. The van der Waals surface area contributed by atoms with Crippen LogP contribution in [0.4, 0.5) is 25.5 Å². The third-order valence-corrected chi connectivity index (χ3v) is 7.61. The quantitative estimate of drug-likeness (QED) is 0.587. The molecule has 2 aromatic rings. The van der Waals surface area contributed by atoms with Gasteiger partial charge in [-0.3, -0.25) is 25.1 Å². The zero-order chi connectivity index (χ0) is 25.5. The van der Waals surface area contributed by atoms with Gasteiger partial charge in [-0.15, -0.1) is 0 Å². The van der Waals surface area contributed by atoms with Crippen molar-refractivity contribution in [2.45, 2.75) is 57.9 Å². The summed E-state index contributed by atoms with van der Waals surface area (Å²) >= 11 is 0. The van der Waals surface area contributed by atoms with Gasteiger partial charge in [0.15, 0.2) is 17.1 Å². The number of cyclic esters (lactones) is 1. The van der Waals surface area contributed by atoms with Crippen molar-refractivity contribution in [2.24, 2.45) is 5.41 Å². The number of halogens is 1. The van der Waals surface area contributed by atoms with Crippen LogP contribution in [0.3, 0.4) is 0 Å². The van der Waals surface area contributed by atoms with E-state index in [1.807, 2.05) is 13.8 Å². The fraction of sp³-hybridized carbons (Fsp3) is 0.522. The van der Waals surface area contributed by atoms with Crippen LogP contribution >= 0.6 is 0 Å². The Bertz CT molecular complexity index is 1320. The van der Waals surface area contributed by atoms with E-state index in [-0.39, 0.29) is 54.2 Å².